The van der Waals surface area contributed by atoms with Gasteiger partial charge >= 0.3 is 0 Å². The number of hydrogen-bond acceptors (Lipinski definition) is 4. The van der Waals surface area contributed by atoms with E-state index < -0.39 is 0 Å². The molecule has 2 heterocycles. The van der Waals surface area contributed by atoms with Crippen molar-refractivity contribution in [3.05, 3.63) is 41.4 Å². The van der Waals surface area contributed by atoms with Gasteiger partial charge in [-0.15, -0.1) is 0 Å². The summed E-state index contributed by atoms with van der Waals surface area (Å²) in [5, 5.41) is 6.83. The summed E-state index contributed by atoms with van der Waals surface area (Å²) < 4.78 is 23.5. The molecule has 0 bridgehead atoms. The number of nitrogens with one attached hydrogen (secondary N) is 1. The molecule has 1 aliphatic heterocycles. The van der Waals surface area contributed by atoms with Gasteiger partial charge in [-0.1, -0.05) is 5.16 Å². The number of ether oxygens (including phenoxy) is 1. The fourth-order valence-electron chi connectivity index (χ4n) is 2.51. The minimum atomic E-state index is -0.337. The Morgan fingerprint density at radius 1 is 1.41 bits per heavy atom. The predicted octanol–water partition coefficient (Wildman–Crippen LogP) is 2.56. The summed E-state index contributed by atoms with van der Waals surface area (Å²) in [4.78, 5) is 12.4. The standard InChI is InChI=1S/C16H17FN2O3/c1-10-14(16(20)18-8-11-6-7-21-9-11)15(19-22-10)12-2-4-13(17)5-3-12/h2-5,11H,6-9H2,1H3,(H,18,20)/t11-/m0/s1. The van der Waals surface area contributed by atoms with E-state index in [0.717, 1.165) is 13.0 Å². The van der Waals surface area contributed by atoms with Gasteiger partial charge in [0.2, 0.25) is 0 Å². The third-order valence-corrected chi connectivity index (χ3v) is 3.78. The van der Waals surface area contributed by atoms with Crippen molar-refractivity contribution in [3.8, 4) is 11.3 Å². The Hall–Kier alpha value is -2.21. The zero-order chi connectivity index (χ0) is 15.5. The monoisotopic (exact) mass is 304 g/mol. The molecule has 1 aliphatic rings. The number of aromatic nitrogens is 1. The number of halogens is 1. The zero-order valence-electron chi connectivity index (χ0n) is 12.3. The molecule has 116 valence electrons. The summed E-state index contributed by atoms with van der Waals surface area (Å²) in [7, 11) is 0. The van der Waals surface area contributed by atoms with Gasteiger partial charge in [-0.2, -0.15) is 0 Å². The molecule has 1 atom stereocenters. The van der Waals surface area contributed by atoms with Crippen molar-refractivity contribution in [1.29, 1.82) is 0 Å². The van der Waals surface area contributed by atoms with Crippen molar-refractivity contribution in [3.63, 3.8) is 0 Å². The summed E-state index contributed by atoms with van der Waals surface area (Å²) in [6.07, 6.45) is 0.952. The van der Waals surface area contributed by atoms with Crippen LogP contribution in [0.2, 0.25) is 0 Å². The van der Waals surface area contributed by atoms with Crippen molar-refractivity contribution in [1.82, 2.24) is 10.5 Å². The van der Waals surface area contributed by atoms with Crippen LogP contribution in [0.3, 0.4) is 0 Å². The molecule has 3 rings (SSSR count). The van der Waals surface area contributed by atoms with Crippen molar-refractivity contribution in [2.24, 2.45) is 5.92 Å². The number of carbonyl (C=O) groups excluding carboxylic acids is 1. The highest BCUT2D eigenvalue weighted by atomic mass is 19.1. The van der Waals surface area contributed by atoms with Crippen LogP contribution in [0.25, 0.3) is 11.3 Å². The van der Waals surface area contributed by atoms with Gasteiger partial charge in [0.15, 0.2) is 0 Å². The van der Waals surface area contributed by atoms with E-state index in [4.69, 9.17) is 9.26 Å². The molecule has 5 nitrogen and oxygen atoms in total. The second-order valence-corrected chi connectivity index (χ2v) is 5.41. The minimum absolute atomic E-state index is 0.232. The van der Waals surface area contributed by atoms with Gasteiger partial charge < -0.3 is 14.6 Å². The lowest BCUT2D eigenvalue weighted by Gasteiger charge is -2.09. The van der Waals surface area contributed by atoms with Gasteiger partial charge in [0.1, 0.15) is 22.8 Å². The third kappa shape index (κ3) is 3.01. The van der Waals surface area contributed by atoms with Crippen LogP contribution >= 0.6 is 0 Å². The maximum atomic E-state index is 13.0. The third-order valence-electron chi connectivity index (χ3n) is 3.78. The van der Waals surface area contributed by atoms with Crippen LogP contribution < -0.4 is 5.32 Å². The van der Waals surface area contributed by atoms with E-state index in [9.17, 15) is 9.18 Å². The molecule has 0 radical (unpaired) electrons. The molecule has 0 spiro atoms. The van der Waals surface area contributed by atoms with Crippen LogP contribution in [0.5, 0.6) is 0 Å². The summed E-state index contributed by atoms with van der Waals surface area (Å²) in [6, 6.07) is 5.82. The molecule has 2 aromatic rings. The highest BCUT2D eigenvalue weighted by molar-refractivity contribution is 6.00. The van der Waals surface area contributed by atoms with Gasteiger partial charge in [-0.25, -0.2) is 4.39 Å². The number of carbonyl (C=O) groups is 1. The Kier molecular flexibility index (Phi) is 4.20. The number of nitrogens with zero attached hydrogens (tertiary/aromatic N) is 1. The van der Waals surface area contributed by atoms with Gasteiger partial charge in [0.05, 0.1) is 6.61 Å². The molecule has 1 amide bonds. The van der Waals surface area contributed by atoms with Crippen molar-refractivity contribution >= 4 is 5.91 Å². The average Bonchev–Trinajstić information content (AvgIpc) is 3.15. The van der Waals surface area contributed by atoms with Crippen molar-refractivity contribution in [2.45, 2.75) is 13.3 Å². The minimum Gasteiger partial charge on any atom is -0.381 e. The van der Waals surface area contributed by atoms with E-state index in [1.54, 1.807) is 19.1 Å². The predicted molar refractivity (Wildman–Crippen MR) is 77.9 cm³/mol. The molecule has 0 saturated carbocycles. The van der Waals surface area contributed by atoms with Gasteiger partial charge in [-0.3, -0.25) is 4.79 Å². The Balaban J connectivity index is 1.79. The number of hydrogen-bond donors (Lipinski definition) is 1. The Bertz CT molecular complexity index is 661. The molecular formula is C16H17FN2O3. The Morgan fingerprint density at radius 3 is 2.86 bits per heavy atom. The first-order valence-corrected chi connectivity index (χ1v) is 7.23. The second kappa shape index (κ2) is 6.27. The van der Waals surface area contributed by atoms with E-state index in [-0.39, 0.29) is 11.7 Å². The maximum absolute atomic E-state index is 13.0. The first-order valence-electron chi connectivity index (χ1n) is 7.23. The molecule has 0 aliphatic carbocycles. The lowest BCUT2D eigenvalue weighted by atomic mass is 10.0. The van der Waals surface area contributed by atoms with E-state index >= 15 is 0 Å². The Labute approximate surface area is 127 Å². The summed E-state index contributed by atoms with van der Waals surface area (Å²) in [5.74, 6) is 0.221. The zero-order valence-corrected chi connectivity index (χ0v) is 12.3. The molecule has 1 aromatic carbocycles. The van der Waals surface area contributed by atoms with Crippen molar-refractivity contribution < 1.29 is 18.4 Å². The molecule has 1 N–H and O–H groups in total. The normalized spacial score (nSPS) is 17.6. The SMILES string of the molecule is Cc1onc(-c2ccc(F)cc2)c1C(=O)NC[C@@H]1CCOC1. The van der Waals surface area contributed by atoms with E-state index in [0.29, 0.717) is 41.7 Å². The maximum Gasteiger partial charge on any atom is 0.257 e. The number of benzene rings is 1. The fraction of sp³-hybridized carbons (Fsp3) is 0.375. The van der Waals surface area contributed by atoms with Crippen LogP contribution in [0.15, 0.2) is 28.8 Å². The molecule has 0 unspecified atom stereocenters. The van der Waals surface area contributed by atoms with Crippen LogP contribution in [-0.2, 0) is 4.74 Å². The fourth-order valence-corrected chi connectivity index (χ4v) is 2.51. The highest BCUT2D eigenvalue weighted by Gasteiger charge is 2.23. The Morgan fingerprint density at radius 2 is 2.18 bits per heavy atom. The van der Waals surface area contributed by atoms with Crippen LogP contribution in [-0.4, -0.2) is 30.8 Å². The van der Waals surface area contributed by atoms with E-state index in [1.807, 2.05) is 0 Å². The largest absolute Gasteiger partial charge is 0.381 e. The topological polar surface area (TPSA) is 64.4 Å². The average molecular weight is 304 g/mol. The lowest BCUT2D eigenvalue weighted by molar-refractivity contribution is 0.0944. The van der Waals surface area contributed by atoms with Crippen LogP contribution in [0, 0.1) is 18.7 Å². The lowest BCUT2D eigenvalue weighted by Crippen LogP contribution is -2.30. The summed E-state index contributed by atoms with van der Waals surface area (Å²) in [5.41, 5.74) is 1.47. The molecule has 22 heavy (non-hydrogen) atoms. The number of amides is 1. The first-order chi connectivity index (χ1) is 10.6. The van der Waals surface area contributed by atoms with Gasteiger partial charge in [-0.05, 0) is 37.6 Å². The molecule has 6 heteroatoms. The molecule has 1 aromatic heterocycles. The van der Waals surface area contributed by atoms with Gasteiger partial charge in [0, 0.05) is 24.6 Å². The van der Waals surface area contributed by atoms with E-state index in [2.05, 4.69) is 10.5 Å². The van der Waals surface area contributed by atoms with Crippen LogP contribution in [0.4, 0.5) is 4.39 Å². The van der Waals surface area contributed by atoms with Gasteiger partial charge in [0.25, 0.3) is 5.91 Å². The molecule has 1 fully saturated rings. The highest BCUT2D eigenvalue weighted by Crippen LogP contribution is 2.25. The van der Waals surface area contributed by atoms with Crippen LogP contribution in [0.1, 0.15) is 22.5 Å². The summed E-state index contributed by atoms with van der Waals surface area (Å²) >= 11 is 0. The number of rotatable bonds is 4. The summed E-state index contributed by atoms with van der Waals surface area (Å²) in [6.45, 7) is 3.67. The van der Waals surface area contributed by atoms with E-state index in [1.165, 1.54) is 12.1 Å². The second-order valence-electron chi connectivity index (χ2n) is 5.41. The smallest absolute Gasteiger partial charge is 0.257 e. The number of aryl methyl sites for hydroxylation is 1. The molecular weight excluding hydrogens is 287 g/mol. The quantitative estimate of drug-likeness (QED) is 0.943. The molecule has 1 saturated heterocycles. The first kappa shape index (κ1) is 14.7. The van der Waals surface area contributed by atoms with Crippen molar-refractivity contribution in [2.75, 3.05) is 19.8 Å².